The maximum absolute atomic E-state index is 13.2. The Hall–Kier alpha value is -3.26. The van der Waals surface area contributed by atoms with Gasteiger partial charge in [0.1, 0.15) is 5.76 Å². The predicted octanol–water partition coefficient (Wildman–Crippen LogP) is 5.81. The van der Waals surface area contributed by atoms with Gasteiger partial charge in [0.25, 0.3) is 0 Å². The molecule has 7 nitrogen and oxygen atoms in total. The van der Waals surface area contributed by atoms with Gasteiger partial charge in [0.15, 0.2) is 5.60 Å². The van der Waals surface area contributed by atoms with E-state index in [9.17, 15) is 18.3 Å². The highest BCUT2D eigenvalue weighted by Crippen LogP contribution is 2.52. The summed E-state index contributed by atoms with van der Waals surface area (Å²) in [5.41, 5.74) is 1.35. The Morgan fingerprint density at radius 2 is 1.81 bits per heavy atom. The van der Waals surface area contributed by atoms with Gasteiger partial charge in [-0.3, -0.25) is 0 Å². The Balaban J connectivity index is 1.48. The second-order valence-electron chi connectivity index (χ2n) is 10.2. The minimum Gasteiger partial charge on any atom is -0.507 e. The minimum absolute atomic E-state index is 0.0562. The fourth-order valence-corrected chi connectivity index (χ4v) is 6.74. The summed E-state index contributed by atoms with van der Waals surface area (Å²) < 4.78 is 32.3. The Morgan fingerprint density at radius 3 is 2.51 bits per heavy atom. The number of aliphatic hydroxyl groups is 1. The number of sulfone groups is 1. The number of nitrogens with zero attached hydrogens (tertiary/aromatic N) is 2. The van der Waals surface area contributed by atoms with Gasteiger partial charge in [0.05, 0.1) is 16.8 Å². The van der Waals surface area contributed by atoms with Gasteiger partial charge < -0.3 is 9.84 Å². The molecule has 2 heterocycles. The summed E-state index contributed by atoms with van der Waals surface area (Å²) in [6, 6.07) is 14.5. The van der Waals surface area contributed by atoms with Crippen LogP contribution in [0.15, 0.2) is 71.2 Å². The number of carbonyl (C=O) groups is 1. The van der Waals surface area contributed by atoms with Gasteiger partial charge in [-0.25, -0.2) is 23.2 Å². The first-order valence-electron chi connectivity index (χ1n) is 13.0. The van der Waals surface area contributed by atoms with Crippen molar-refractivity contribution in [2.75, 3.05) is 0 Å². The molecule has 37 heavy (non-hydrogen) atoms. The largest absolute Gasteiger partial charge is 0.507 e. The molecule has 1 unspecified atom stereocenters. The summed E-state index contributed by atoms with van der Waals surface area (Å²) in [4.78, 5) is 21.5. The van der Waals surface area contributed by atoms with Gasteiger partial charge in [-0.1, -0.05) is 69.2 Å². The number of aromatic nitrogens is 2. The van der Waals surface area contributed by atoms with Crippen LogP contribution in [0.3, 0.4) is 0 Å². The van der Waals surface area contributed by atoms with Crippen LogP contribution in [-0.2, 0) is 25.1 Å². The van der Waals surface area contributed by atoms with Crippen molar-refractivity contribution in [1.82, 2.24) is 9.97 Å². The average Bonchev–Trinajstić information content (AvgIpc) is 3.68. The normalized spacial score (nSPS) is 18.3. The van der Waals surface area contributed by atoms with Crippen molar-refractivity contribution in [3.05, 3.63) is 77.2 Å². The van der Waals surface area contributed by atoms with Gasteiger partial charge in [-0.15, -0.1) is 0 Å². The molecule has 194 valence electrons. The Bertz CT molecular complexity index is 1470. The van der Waals surface area contributed by atoms with E-state index in [1.165, 1.54) is 6.20 Å². The molecule has 0 bridgehead atoms. The minimum atomic E-state index is -3.80. The monoisotopic (exact) mass is 520 g/mol. The molecule has 2 aliphatic rings. The average molecular weight is 521 g/mol. The fraction of sp³-hybridized carbons (Fsp3) is 0.414. The molecule has 1 N–H and O–H groups in total. The van der Waals surface area contributed by atoms with Crippen LogP contribution < -0.4 is 0 Å². The number of ether oxygens (including phenoxy) is 1. The number of esters is 1. The van der Waals surface area contributed by atoms with E-state index in [1.54, 1.807) is 24.3 Å². The molecule has 3 aromatic rings. The number of rotatable bonds is 10. The third-order valence-electron chi connectivity index (χ3n) is 7.32. The van der Waals surface area contributed by atoms with E-state index >= 15 is 0 Å². The summed E-state index contributed by atoms with van der Waals surface area (Å²) in [5.74, 6) is -0.788. The lowest BCUT2D eigenvalue weighted by Gasteiger charge is -2.27. The molecular formula is C29H32N2O5S. The number of hydrogen-bond acceptors (Lipinski definition) is 7. The van der Waals surface area contributed by atoms with Crippen molar-refractivity contribution in [3.8, 4) is 0 Å². The zero-order valence-corrected chi connectivity index (χ0v) is 22.0. The zero-order chi connectivity index (χ0) is 26.2. The third-order valence-corrected chi connectivity index (χ3v) is 8.79. The van der Waals surface area contributed by atoms with Crippen LogP contribution >= 0.6 is 0 Å². The molecule has 0 radical (unpaired) electrons. The van der Waals surface area contributed by atoms with Crippen LogP contribution in [0.5, 0.6) is 0 Å². The highest BCUT2D eigenvalue weighted by Gasteiger charge is 2.51. The van der Waals surface area contributed by atoms with E-state index in [4.69, 9.17) is 4.74 Å². The lowest BCUT2D eigenvalue weighted by molar-refractivity contribution is -0.149. The number of fused-ring (bicyclic) bond motifs is 1. The lowest BCUT2D eigenvalue weighted by Crippen LogP contribution is -2.31. The molecule has 1 fully saturated rings. The van der Waals surface area contributed by atoms with Crippen molar-refractivity contribution >= 4 is 26.7 Å². The van der Waals surface area contributed by atoms with Crippen molar-refractivity contribution < 1.29 is 23.1 Å². The quantitative estimate of drug-likeness (QED) is 0.266. The van der Waals surface area contributed by atoms with Crippen molar-refractivity contribution in [2.45, 2.75) is 74.8 Å². The van der Waals surface area contributed by atoms with Crippen LogP contribution in [0.1, 0.15) is 69.4 Å². The van der Waals surface area contributed by atoms with Crippen molar-refractivity contribution in [2.24, 2.45) is 5.92 Å². The summed E-state index contributed by atoms with van der Waals surface area (Å²) >= 11 is 0. The van der Waals surface area contributed by atoms with Gasteiger partial charge in [0, 0.05) is 17.5 Å². The SMILES string of the molecule is CCCC1(CCC)OC(=O)C(C(c2cccc(CS(=O)(=O)c3ncc4ccccc4n3)c2)C2CC2)=C1O. The topological polar surface area (TPSA) is 106 Å². The molecular weight excluding hydrogens is 488 g/mol. The molecule has 2 aromatic carbocycles. The molecule has 1 saturated carbocycles. The molecule has 1 aliphatic heterocycles. The molecule has 1 aliphatic carbocycles. The molecule has 1 aromatic heterocycles. The molecule has 5 rings (SSSR count). The number of aliphatic hydroxyl groups excluding tert-OH is 1. The smallest absolute Gasteiger partial charge is 0.339 e. The van der Waals surface area contributed by atoms with Gasteiger partial charge in [-0.2, -0.15) is 0 Å². The number of cyclic esters (lactones) is 1. The van der Waals surface area contributed by atoms with Crippen LogP contribution in [0.2, 0.25) is 0 Å². The second-order valence-corrected chi connectivity index (χ2v) is 12.1. The summed E-state index contributed by atoms with van der Waals surface area (Å²) in [6.45, 7) is 4.02. The van der Waals surface area contributed by atoms with Crippen LogP contribution in [0, 0.1) is 5.92 Å². The highest BCUT2D eigenvalue weighted by atomic mass is 32.2. The zero-order valence-electron chi connectivity index (χ0n) is 21.2. The lowest BCUT2D eigenvalue weighted by atomic mass is 9.82. The fourth-order valence-electron chi connectivity index (χ4n) is 5.54. The maximum Gasteiger partial charge on any atom is 0.339 e. The van der Waals surface area contributed by atoms with Gasteiger partial charge in [-0.05, 0) is 48.8 Å². The number of benzene rings is 2. The maximum atomic E-state index is 13.2. The number of para-hydroxylation sites is 1. The highest BCUT2D eigenvalue weighted by molar-refractivity contribution is 7.90. The standard InChI is InChI=1S/C29H32N2O5S/c1-3-14-29(15-4-2)26(32)25(27(33)36-29)24(20-12-13-20)21-10-7-8-19(16-21)18-37(34,35)28-30-17-22-9-5-6-11-23(22)31-28/h5-11,16-17,20,24,32H,3-4,12-15,18H2,1-2H3. The Kier molecular flexibility index (Phi) is 6.79. The first-order valence-corrected chi connectivity index (χ1v) is 14.6. The van der Waals surface area contributed by atoms with E-state index in [2.05, 4.69) is 9.97 Å². The molecule has 0 amide bonds. The molecule has 0 spiro atoms. The number of carbonyl (C=O) groups excluding carboxylic acids is 1. The van der Waals surface area contributed by atoms with Gasteiger partial charge in [0.2, 0.25) is 15.0 Å². The molecule has 0 saturated heterocycles. The van der Waals surface area contributed by atoms with Crippen LogP contribution in [0.4, 0.5) is 0 Å². The Morgan fingerprint density at radius 1 is 1.08 bits per heavy atom. The molecule has 1 atom stereocenters. The molecule has 8 heteroatoms. The second kappa shape index (κ2) is 9.89. The van der Waals surface area contributed by atoms with Crippen LogP contribution in [-0.4, -0.2) is 35.1 Å². The van der Waals surface area contributed by atoms with Crippen LogP contribution in [0.25, 0.3) is 10.9 Å². The first kappa shape index (κ1) is 25.4. The predicted molar refractivity (Wildman–Crippen MR) is 141 cm³/mol. The van der Waals surface area contributed by atoms with Crippen molar-refractivity contribution in [3.63, 3.8) is 0 Å². The first-order chi connectivity index (χ1) is 17.8. The van der Waals surface area contributed by atoms with E-state index in [-0.39, 0.29) is 28.5 Å². The number of hydrogen-bond donors (Lipinski definition) is 1. The van der Waals surface area contributed by atoms with Crippen molar-refractivity contribution in [1.29, 1.82) is 0 Å². The van der Waals surface area contributed by atoms with E-state index in [0.29, 0.717) is 29.5 Å². The van der Waals surface area contributed by atoms with E-state index < -0.39 is 21.4 Å². The van der Waals surface area contributed by atoms with Gasteiger partial charge >= 0.3 is 5.97 Å². The Labute approximate surface area is 217 Å². The summed E-state index contributed by atoms with van der Waals surface area (Å²) in [7, 11) is -3.80. The summed E-state index contributed by atoms with van der Waals surface area (Å²) in [5, 5.41) is 11.9. The third kappa shape index (κ3) is 4.87. The summed E-state index contributed by atoms with van der Waals surface area (Å²) in [6.07, 6.45) is 6.11. The van der Waals surface area contributed by atoms with E-state index in [1.807, 2.05) is 38.1 Å². The van der Waals surface area contributed by atoms with E-state index in [0.717, 1.165) is 36.6 Å².